The van der Waals surface area contributed by atoms with E-state index in [9.17, 15) is 9.59 Å². The molecule has 26 heavy (non-hydrogen) atoms. The summed E-state index contributed by atoms with van der Waals surface area (Å²) in [5.41, 5.74) is 2.36. The predicted molar refractivity (Wildman–Crippen MR) is 91.6 cm³/mol. The van der Waals surface area contributed by atoms with E-state index in [0.717, 1.165) is 37.1 Å². The number of nitrogens with zero attached hydrogens (tertiary/aromatic N) is 3. The van der Waals surface area contributed by atoms with Crippen molar-refractivity contribution in [2.75, 3.05) is 13.7 Å². The predicted octanol–water partition coefficient (Wildman–Crippen LogP) is 2.49. The van der Waals surface area contributed by atoms with E-state index in [1.807, 2.05) is 21.6 Å². The van der Waals surface area contributed by atoms with E-state index in [2.05, 4.69) is 4.98 Å². The first-order valence-electron chi connectivity index (χ1n) is 8.95. The van der Waals surface area contributed by atoms with E-state index < -0.39 is 5.97 Å². The van der Waals surface area contributed by atoms with Gasteiger partial charge in [0.05, 0.1) is 30.1 Å². The number of hydrogen-bond acceptors (Lipinski definition) is 5. The third-order valence-corrected chi connectivity index (χ3v) is 5.32. The van der Waals surface area contributed by atoms with E-state index in [-0.39, 0.29) is 18.1 Å². The summed E-state index contributed by atoms with van der Waals surface area (Å²) in [5.74, 6) is 0.203. The van der Waals surface area contributed by atoms with E-state index in [1.54, 1.807) is 19.5 Å². The van der Waals surface area contributed by atoms with Gasteiger partial charge in [-0.1, -0.05) is 0 Å². The van der Waals surface area contributed by atoms with Gasteiger partial charge in [0.1, 0.15) is 18.2 Å². The minimum Gasteiger partial charge on any atom is -0.497 e. The average Bonchev–Trinajstić information content (AvgIpc) is 3.19. The quantitative estimate of drug-likeness (QED) is 0.793. The summed E-state index contributed by atoms with van der Waals surface area (Å²) in [5, 5.41) is 0. The molecule has 1 aromatic heterocycles. The number of ether oxygens (including phenoxy) is 2. The van der Waals surface area contributed by atoms with Crippen LogP contribution in [0, 0.1) is 0 Å². The van der Waals surface area contributed by atoms with Crippen LogP contribution < -0.4 is 4.74 Å². The van der Waals surface area contributed by atoms with Crippen LogP contribution in [-0.2, 0) is 4.74 Å². The van der Waals surface area contributed by atoms with Crippen LogP contribution >= 0.6 is 0 Å². The van der Waals surface area contributed by atoms with Crippen molar-refractivity contribution >= 4 is 11.9 Å². The van der Waals surface area contributed by atoms with Crippen LogP contribution in [0.15, 0.2) is 24.5 Å². The summed E-state index contributed by atoms with van der Waals surface area (Å²) in [6, 6.07) is 5.25. The molecule has 134 valence electrons. The highest BCUT2D eigenvalue weighted by atomic mass is 16.5. The second-order valence-corrected chi connectivity index (χ2v) is 6.99. The topological polar surface area (TPSA) is 73.7 Å². The summed E-state index contributed by atoms with van der Waals surface area (Å²) >= 11 is 0. The third kappa shape index (κ3) is 2.23. The van der Waals surface area contributed by atoms with Crippen molar-refractivity contribution in [2.24, 2.45) is 0 Å². The lowest BCUT2D eigenvalue weighted by Gasteiger charge is -2.22. The van der Waals surface area contributed by atoms with E-state index in [4.69, 9.17) is 9.47 Å². The highest BCUT2D eigenvalue weighted by Crippen LogP contribution is 2.41. The molecule has 5 rings (SSSR count). The molecule has 1 atom stereocenters. The number of fused-ring (bicyclic) bond motifs is 5. The summed E-state index contributed by atoms with van der Waals surface area (Å²) in [6.07, 6.45) is 5.18. The van der Waals surface area contributed by atoms with Crippen molar-refractivity contribution in [3.8, 4) is 11.4 Å². The Hall–Kier alpha value is -2.83. The SMILES string of the molecule is COc1ccc2c(c1)C(=O)N1CCCC1c1c(C(=O)OC3CC3)ncn1-2. The second-order valence-electron chi connectivity index (χ2n) is 6.99. The first-order chi connectivity index (χ1) is 12.7. The molecular formula is C19H19N3O4. The van der Waals surface area contributed by atoms with Crippen molar-refractivity contribution in [2.45, 2.75) is 37.8 Å². The standard InChI is InChI=1S/C19H19N3O4/c1-25-12-6-7-14-13(9-12)18(23)21-8-2-3-15(21)17-16(20-10-22(14)17)19(24)26-11-4-5-11/h6-7,9-11,15H,2-5,8H2,1H3. The fourth-order valence-corrected chi connectivity index (χ4v) is 3.89. The molecule has 7 nitrogen and oxygen atoms in total. The van der Waals surface area contributed by atoms with Gasteiger partial charge in [-0.2, -0.15) is 0 Å². The number of imidazole rings is 1. The Morgan fingerprint density at radius 1 is 1.27 bits per heavy atom. The van der Waals surface area contributed by atoms with E-state index in [0.29, 0.717) is 23.6 Å². The molecular weight excluding hydrogens is 334 g/mol. The first-order valence-corrected chi connectivity index (χ1v) is 8.95. The van der Waals surface area contributed by atoms with Gasteiger partial charge < -0.3 is 14.4 Å². The van der Waals surface area contributed by atoms with Gasteiger partial charge in [-0.25, -0.2) is 9.78 Å². The molecule has 3 heterocycles. The number of carbonyl (C=O) groups excluding carboxylic acids is 2. The zero-order valence-corrected chi connectivity index (χ0v) is 14.5. The Bertz CT molecular complexity index is 916. The molecule has 3 aliphatic rings. The third-order valence-electron chi connectivity index (χ3n) is 5.32. The number of amides is 1. The van der Waals surface area contributed by atoms with Crippen LogP contribution in [0.4, 0.5) is 0 Å². The molecule has 0 radical (unpaired) electrons. The molecule has 1 aliphatic carbocycles. The minimum absolute atomic E-state index is 0.0171. The molecule has 1 saturated carbocycles. The second kappa shape index (κ2) is 5.59. The Morgan fingerprint density at radius 2 is 2.12 bits per heavy atom. The van der Waals surface area contributed by atoms with Crippen LogP contribution in [0.2, 0.25) is 0 Å². The molecule has 1 aromatic carbocycles. The Morgan fingerprint density at radius 3 is 2.88 bits per heavy atom. The Balaban J connectivity index is 1.68. The van der Waals surface area contributed by atoms with Gasteiger partial charge in [0.25, 0.3) is 5.91 Å². The van der Waals surface area contributed by atoms with Crippen LogP contribution in [0.5, 0.6) is 5.75 Å². The monoisotopic (exact) mass is 353 g/mol. The zero-order chi connectivity index (χ0) is 17.8. The van der Waals surface area contributed by atoms with Gasteiger partial charge in [0.2, 0.25) is 0 Å². The molecule has 1 saturated heterocycles. The molecule has 0 spiro atoms. The number of aromatic nitrogens is 2. The molecule has 2 aliphatic heterocycles. The summed E-state index contributed by atoms with van der Waals surface area (Å²) in [6.45, 7) is 0.669. The zero-order valence-electron chi connectivity index (χ0n) is 14.5. The largest absolute Gasteiger partial charge is 0.497 e. The lowest BCUT2D eigenvalue weighted by molar-refractivity contribution is 0.0459. The smallest absolute Gasteiger partial charge is 0.359 e. The van der Waals surface area contributed by atoms with Gasteiger partial charge in [-0.05, 0) is 43.9 Å². The van der Waals surface area contributed by atoms with Crippen molar-refractivity contribution in [3.05, 3.63) is 41.5 Å². The van der Waals surface area contributed by atoms with Crippen molar-refractivity contribution in [1.29, 1.82) is 0 Å². The summed E-state index contributed by atoms with van der Waals surface area (Å²) in [4.78, 5) is 31.9. The number of esters is 1. The van der Waals surface area contributed by atoms with E-state index in [1.165, 1.54) is 0 Å². The fourth-order valence-electron chi connectivity index (χ4n) is 3.89. The van der Waals surface area contributed by atoms with Crippen molar-refractivity contribution < 1.29 is 19.1 Å². The maximum absolute atomic E-state index is 13.1. The number of benzene rings is 1. The number of rotatable bonds is 3. The minimum atomic E-state index is -0.391. The fraction of sp³-hybridized carbons (Fsp3) is 0.421. The average molecular weight is 353 g/mol. The molecule has 7 heteroatoms. The molecule has 1 unspecified atom stereocenters. The van der Waals surface area contributed by atoms with Gasteiger partial charge in [-0.15, -0.1) is 0 Å². The van der Waals surface area contributed by atoms with Gasteiger partial charge >= 0.3 is 5.97 Å². The van der Waals surface area contributed by atoms with Gasteiger partial charge in [0.15, 0.2) is 5.69 Å². The van der Waals surface area contributed by atoms with Crippen molar-refractivity contribution in [1.82, 2.24) is 14.5 Å². The van der Waals surface area contributed by atoms with Crippen LogP contribution in [0.1, 0.15) is 58.3 Å². The highest BCUT2D eigenvalue weighted by molar-refractivity contribution is 6.00. The van der Waals surface area contributed by atoms with Gasteiger partial charge in [0, 0.05) is 6.54 Å². The molecule has 0 bridgehead atoms. The van der Waals surface area contributed by atoms with E-state index >= 15 is 0 Å². The number of hydrogen-bond donors (Lipinski definition) is 0. The van der Waals surface area contributed by atoms with Gasteiger partial charge in [-0.3, -0.25) is 9.36 Å². The Kier molecular flexibility index (Phi) is 3.32. The molecule has 2 fully saturated rings. The number of carbonyl (C=O) groups is 2. The van der Waals surface area contributed by atoms with Crippen LogP contribution in [0.3, 0.4) is 0 Å². The maximum atomic E-state index is 13.1. The molecule has 0 N–H and O–H groups in total. The lowest BCUT2D eigenvalue weighted by atomic mass is 10.1. The molecule has 1 amide bonds. The van der Waals surface area contributed by atoms with Crippen LogP contribution in [0.25, 0.3) is 5.69 Å². The maximum Gasteiger partial charge on any atom is 0.359 e. The summed E-state index contributed by atoms with van der Waals surface area (Å²) in [7, 11) is 1.58. The summed E-state index contributed by atoms with van der Waals surface area (Å²) < 4.78 is 12.6. The normalized spacial score (nSPS) is 20.9. The molecule has 2 aromatic rings. The number of methoxy groups -OCH3 is 1. The van der Waals surface area contributed by atoms with Crippen molar-refractivity contribution in [3.63, 3.8) is 0 Å². The highest BCUT2D eigenvalue weighted by Gasteiger charge is 2.41. The Labute approximate surface area is 150 Å². The van der Waals surface area contributed by atoms with Crippen LogP contribution in [-0.4, -0.2) is 46.1 Å². The first kappa shape index (κ1) is 15.4. The lowest BCUT2D eigenvalue weighted by Crippen LogP contribution is -2.30.